The van der Waals surface area contributed by atoms with Crippen LogP contribution >= 0.6 is 11.6 Å². The molecule has 4 nitrogen and oxygen atoms in total. The Balaban J connectivity index is 2.32. The Labute approximate surface area is 115 Å². The first-order valence-corrected chi connectivity index (χ1v) is 6.08. The minimum Gasteiger partial charge on any atom is -0.369 e. The zero-order valence-electron chi connectivity index (χ0n) is 10.3. The van der Waals surface area contributed by atoms with E-state index < -0.39 is 17.6 Å². The van der Waals surface area contributed by atoms with Gasteiger partial charge in [0, 0.05) is 18.3 Å². The van der Waals surface area contributed by atoms with Crippen molar-refractivity contribution in [2.75, 3.05) is 0 Å². The van der Waals surface area contributed by atoms with Gasteiger partial charge in [-0.1, -0.05) is 17.7 Å². The molecule has 2 rings (SSSR count). The van der Waals surface area contributed by atoms with Crippen molar-refractivity contribution in [3.63, 3.8) is 0 Å². The molecule has 0 aliphatic heterocycles. The largest absolute Gasteiger partial charge is 0.369 e. The van der Waals surface area contributed by atoms with Gasteiger partial charge in [0.25, 0.3) is 0 Å². The second-order valence-corrected chi connectivity index (χ2v) is 4.68. The number of halogens is 2. The average Bonchev–Trinajstić information content (AvgIpc) is 2.74. The second-order valence-electron chi connectivity index (χ2n) is 4.27. The number of primary amides is 1. The maximum atomic E-state index is 13.0. The van der Waals surface area contributed by atoms with E-state index in [2.05, 4.69) is 5.10 Å². The monoisotopic (exact) mass is 281 g/mol. The van der Waals surface area contributed by atoms with Crippen LogP contribution in [0.1, 0.15) is 17.2 Å². The van der Waals surface area contributed by atoms with Crippen LogP contribution in [0.4, 0.5) is 4.39 Å². The molecule has 0 spiro atoms. The summed E-state index contributed by atoms with van der Waals surface area (Å²) < 4.78 is 14.6. The Morgan fingerprint density at radius 3 is 2.79 bits per heavy atom. The van der Waals surface area contributed by atoms with Crippen molar-refractivity contribution in [3.8, 4) is 0 Å². The number of carbonyl (C=O) groups is 1. The molecule has 6 heteroatoms. The molecule has 0 aliphatic rings. The van der Waals surface area contributed by atoms with Gasteiger partial charge in [-0.2, -0.15) is 5.10 Å². The van der Waals surface area contributed by atoms with Crippen LogP contribution in [0, 0.1) is 5.82 Å². The number of nitrogens with zero attached hydrogens (tertiary/aromatic N) is 2. The summed E-state index contributed by atoms with van der Waals surface area (Å²) in [5, 5.41) is 4.30. The first-order chi connectivity index (χ1) is 8.99. The molecule has 0 radical (unpaired) electrons. The molecule has 1 unspecified atom stereocenters. The first kappa shape index (κ1) is 13.5. The van der Waals surface area contributed by atoms with Gasteiger partial charge in [0.15, 0.2) is 0 Å². The van der Waals surface area contributed by atoms with E-state index in [1.54, 1.807) is 30.1 Å². The van der Waals surface area contributed by atoms with E-state index in [1.807, 2.05) is 0 Å². The normalized spacial score (nSPS) is 12.4. The van der Waals surface area contributed by atoms with E-state index in [0.29, 0.717) is 17.7 Å². The molecular weight excluding hydrogens is 269 g/mol. The van der Waals surface area contributed by atoms with Crippen LogP contribution < -0.4 is 5.73 Å². The van der Waals surface area contributed by atoms with Gasteiger partial charge in [-0.3, -0.25) is 9.48 Å². The second kappa shape index (κ2) is 5.40. The molecule has 1 atom stereocenters. The molecule has 0 saturated carbocycles. The predicted octanol–water partition coefficient (Wildman–Crippen LogP) is 2.02. The maximum Gasteiger partial charge on any atom is 0.226 e. The molecule has 0 fully saturated rings. The molecule has 19 heavy (non-hydrogen) atoms. The smallest absolute Gasteiger partial charge is 0.226 e. The molecule has 2 aromatic rings. The van der Waals surface area contributed by atoms with Crippen molar-refractivity contribution in [1.82, 2.24) is 9.78 Å². The Morgan fingerprint density at radius 1 is 1.53 bits per heavy atom. The van der Waals surface area contributed by atoms with Crippen molar-refractivity contribution in [1.29, 1.82) is 0 Å². The van der Waals surface area contributed by atoms with Crippen molar-refractivity contribution >= 4 is 17.5 Å². The summed E-state index contributed by atoms with van der Waals surface area (Å²) in [4.78, 5) is 11.6. The fraction of sp³-hybridized carbons (Fsp3) is 0.231. The highest BCUT2D eigenvalue weighted by atomic mass is 35.5. The number of carbonyl (C=O) groups excluding carboxylic acids is 1. The Bertz CT molecular complexity index is 612. The number of aryl methyl sites for hydroxylation is 1. The Hall–Kier alpha value is -1.88. The molecule has 1 aromatic carbocycles. The number of aromatic nitrogens is 2. The van der Waals surface area contributed by atoms with Crippen LogP contribution in [0.5, 0.6) is 0 Å². The Morgan fingerprint density at radius 2 is 2.26 bits per heavy atom. The number of benzene rings is 1. The summed E-state index contributed by atoms with van der Waals surface area (Å²) in [5.74, 6) is -1.43. The van der Waals surface area contributed by atoms with Gasteiger partial charge < -0.3 is 5.73 Å². The van der Waals surface area contributed by atoms with E-state index in [9.17, 15) is 9.18 Å². The summed E-state index contributed by atoms with van der Waals surface area (Å²) in [6.45, 7) is 0. The zero-order chi connectivity index (χ0) is 14.0. The summed E-state index contributed by atoms with van der Waals surface area (Å²) >= 11 is 5.96. The van der Waals surface area contributed by atoms with Crippen LogP contribution in [-0.2, 0) is 18.3 Å². The van der Waals surface area contributed by atoms with Crippen LogP contribution in [-0.4, -0.2) is 15.7 Å². The van der Waals surface area contributed by atoms with E-state index in [0.717, 1.165) is 0 Å². The van der Waals surface area contributed by atoms with Crippen LogP contribution in [0.25, 0.3) is 0 Å². The molecule has 0 saturated heterocycles. The van der Waals surface area contributed by atoms with Gasteiger partial charge in [-0.25, -0.2) is 4.39 Å². The SMILES string of the molecule is Cn1nccc1C(Cc1ccc(F)cc1Cl)C(N)=O. The summed E-state index contributed by atoms with van der Waals surface area (Å²) in [7, 11) is 1.73. The molecule has 1 aromatic heterocycles. The van der Waals surface area contributed by atoms with Gasteiger partial charge in [0.1, 0.15) is 5.82 Å². The van der Waals surface area contributed by atoms with E-state index in [1.165, 1.54) is 12.1 Å². The van der Waals surface area contributed by atoms with Crippen molar-refractivity contribution in [2.24, 2.45) is 12.8 Å². The highest BCUT2D eigenvalue weighted by Gasteiger charge is 2.22. The first-order valence-electron chi connectivity index (χ1n) is 5.70. The van der Waals surface area contributed by atoms with Gasteiger partial charge in [-0.15, -0.1) is 0 Å². The number of hydrogen-bond acceptors (Lipinski definition) is 2. The molecule has 0 aliphatic carbocycles. The fourth-order valence-corrected chi connectivity index (χ4v) is 2.23. The molecular formula is C13H13ClFN3O. The van der Waals surface area contributed by atoms with Crippen LogP contribution in [0.3, 0.4) is 0 Å². The van der Waals surface area contributed by atoms with Gasteiger partial charge >= 0.3 is 0 Å². The van der Waals surface area contributed by atoms with Crippen LogP contribution in [0.2, 0.25) is 5.02 Å². The lowest BCUT2D eigenvalue weighted by molar-refractivity contribution is -0.119. The minimum atomic E-state index is -0.546. The van der Waals surface area contributed by atoms with E-state index >= 15 is 0 Å². The predicted molar refractivity (Wildman–Crippen MR) is 70.3 cm³/mol. The third kappa shape index (κ3) is 2.93. The zero-order valence-corrected chi connectivity index (χ0v) is 11.1. The van der Waals surface area contributed by atoms with Crippen molar-refractivity contribution < 1.29 is 9.18 Å². The topological polar surface area (TPSA) is 60.9 Å². The quantitative estimate of drug-likeness (QED) is 0.932. The highest BCUT2D eigenvalue weighted by molar-refractivity contribution is 6.31. The number of nitrogens with two attached hydrogens (primary N) is 1. The Kier molecular flexibility index (Phi) is 3.85. The number of hydrogen-bond donors (Lipinski definition) is 1. The van der Waals surface area contributed by atoms with Crippen molar-refractivity contribution in [3.05, 3.63) is 52.6 Å². The van der Waals surface area contributed by atoms with Gasteiger partial charge in [0.05, 0.1) is 11.6 Å². The standard InChI is InChI=1S/C13H13ClFN3O/c1-18-12(4-5-17-18)10(13(16)19)6-8-2-3-9(15)7-11(8)14/h2-5,7,10H,6H2,1H3,(H2,16,19). The van der Waals surface area contributed by atoms with E-state index in [-0.39, 0.29) is 5.02 Å². The highest BCUT2D eigenvalue weighted by Crippen LogP contribution is 2.25. The molecule has 1 heterocycles. The lowest BCUT2D eigenvalue weighted by Gasteiger charge is -2.14. The summed E-state index contributed by atoms with van der Waals surface area (Å²) in [5.41, 5.74) is 6.80. The molecule has 100 valence electrons. The lowest BCUT2D eigenvalue weighted by atomic mass is 9.95. The average molecular weight is 282 g/mol. The third-order valence-corrected chi connectivity index (χ3v) is 3.35. The lowest BCUT2D eigenvalue weighted by Crippen LogP contribution is -2.25. The maximum absolute atomic E-state index is 13.0. The molecule has 0 bridgehead atoms. The van der Waals surface area contributed by atoms with Crippen molar-refractivity contribution in [2.45, 2.75) is 12.3 Å². The third-order valence-electron chi connectivity index (χ3n) is 3.00. The molecule has 1 amide bonds. The van der Waals surface area contributed by atoms with E-state index in [4.69, 9.17) is 17.3 Å². The number of rotatable bonds is 4. The van der Waals surface area contributed by atoms with Gasteiger partial charge in [0.2, 0.25) is 5.91 Å². The summed E-state index contributed by atoms with van der Waals surface area (Å²) in [6.07, 6.45) is 1.91. The number of amides is 1. The van der Waals surface area contributed by atoms with Gasteiger partial charge in [-0.05, 0) is 30.2 Å². The fourth-order valence-electron chi connectivity index (χ4n) is 1.98. The summed E-state index contributed by atoms with van der Waals surface area (Å²) in [6, 6.07) is 5.82. The van der Waals surface area contributed by atoms with Crippen LogP contribution in [0.15, 0.2) is 30.5 Å². The molecule has 2 N–H and O–H groups in total. The minimum absolute atomic E-state index is 0.286.